The predicted molar refractivity (Wildman–Crippen MR) is 289 cm³/mol. The zero-order valence-corrected chi connectivity index (χ0v) is 46.8. The summed E-state index contributed by atoms with van der Waals surface area (Å²) in [5.74, 6) is -5.51. The van der Waals surface area contributed by atoms with Crippen LogP contribution >= 0.6 is 0 Å². The number of nitrogens with one attached hydrogen (secondary N) is 3. The topological polar surface area (TPSA) is 251 Å². The van der Waals surface area contributed by atoms with Gasteiger partial charge in [0.1, 0.15) is 24.7 Å². The van der Waals surface area contributed by atoms with Gasteiger partial charge in [-0.3, -0.25) is 43.4 Å². The van der Waals surface area contributed by atoms with Gasteiger partial charge in [-0.05, 0) is 66.7 Å². The molecule has 2 aromatic rings. The van der Waals surface area contributed by atoms with Gasteiger partial charge in [0.25, 0.3) is 11.8 Å². The van der Waals surface area contributed by atoms with Gasteiger partial charge in [-0.25, -0.2) is 9.59 Å². The number of amides is 8. The second-order valence-corrected chi connectivity index (χ2v) is 21.0. The molecule has 1 fully saturated rings. The van der Waals surface area contributed by atoms with Crippen molar-refractivity contribution in [1.82, 2.24) is 30.2 Å². The van der Waals surface area contributed by atoms with Crippen LogP contribution in [0.2, 0.25) is 0 Å². The lowest BCUT2D eigenvalue weighted by Gasteiger charge is -2.41. The Morgan fingerprint density at radius 1 is 0.779 bits per heavy atom. The number of imide groups is 1. The molecular weight excluding hydrogens is 991 g/mol. The molecule has 424 valence electrons. The van der Waals surface area contributed by atoms with Crippen molar-refractivity contribution in [3.8, 4) is 0 Å². The first kappa shape index (κ1) is 62.9. The van der Waals surface area contributed by atoms with E-state index < -0.39 is 90.0 Å². The Morgan fingerprint density at radius 2 is 1.43 bits per heavy atom. The number of carbonyl (C=O) groups excluding carboxylic acids is 8. The first-order valence-electron chi connectivity index (χ1n) is 26.9. The third-order valence-electron chi connectivity index (χ3n) is 14.8. The number of hydrogen-bond donors (Lipinski definition) is 4. The Bertz CT molecular complexity index is 2350. The van der Waals surface area contributed by atoms with Crippen LogP contribution in [-0.2, 0) is 65.6 Å². The van der Waals surface area contributed by atoms with Gasteiger partial charge >= 0.3 is 12.1 Å². The van der Waals surface area contributed by atoms with E-state index in [4.69, 9.17) is 14.2 Å². The van der Waals surface area contributed by atoms with Crippen molar-refractivity contribution >= 4 is 59.1 Å². The molecule has 0 spiro atoms. The third-order valence-corrected chi connectivity index (χ3v) is 14.8. The van der Waals surface area contributed by atoms with Crippen molar-refractivity contribution in [1.29, 1.82) is 0 Å². The van der Waals surface area contributed by atoms with Crippen LogP contribution in [0.3, 0.4) is 0 Å². The van der Waals surface area contributed by atoms with Crippen LogP contribution in [0.1, 0.15) is 111 Å². The quantitative estimate of drug-likeness (QED) is 0.0552. The molecule has 0 radical (unpaired) electrons. The number of anilines is 1. The van der Waals surface area contributed by atoms with Crippen molar-refractivity contribution in [2.45, 2.75) is 155 Å². The van der Waals surface area contributed by atoms with Crippen LogP contribution in [0.15, 0.2) is 66.7 Å². The van der Waals surface area contributed by atoms with Crippen molar-refractivity contribution in [2.24, 2.45) is 23.7 Å². The summed E-state index contributed by atoms with van der Waals surface area (Å²) in [7, 11) is 6.05. The number of carboxylic acid groups (broad SMARTS) is 1. The van der Waals surface area contributed by atoms with Crippen LogP contribution in [0.4, 0.5) is 10.5 Å². The fourth-order valence-corrected chi connectivity index (χ4v) is 10.2. The largest absolute Gasteiger partial charge is 0.480 e. The molecule has 2 aromatic carbocycles. The van der Waals surface area contributed by atoms with Gasteiger partial charge in [0, 0.05) is 72.1 Å². The number of rotatable bonds is 30. The highest BCUT2D eigenvalue weighted by Crippen LogP contribution is 2.30. The summed E-state index contributed by atoms with van der Waals surface area (Å²) in [6.45, 7) is 13.4. The zero-order chi connectivity index (χ0) is 57.1. The molecule has 0 saturated carbocycles. The van der Waals surface area contributed by atoms with Gasteiger partial charge in [-0.1, -0.05) is 104 Å². The summed E-state index contributed by atoms with van der Waals surface area (Å²) >= 11 is 0. The maximum Gasteiger partial charge on any atom is 0.410 e. The average molecular weight is 1070 g/mol. The molecule has 2 aliphatic heterocycles. The predicted octanol–water partition coefficient (Wildman–Crippen LogP) is 5.58. The van der Waals surface area contributed by atoms with Crippen molar-refractivity contribution in [3.63, 3.8) is 0 Å². The van der Waals surface area contributed by atoms with Gasteiger partial charge < -0.3 is 45.1 Å². The molecule has 1 saturated heterocycles. The van der Waals surface area contributed by atoms with E-state index in [0.29, 0.717) is 62.9 Å². The van der Waals surface area contributed by atoms with E-state index >= 15 is 0 Å². The molecular formula is C57H83N7O13. The van der Waals surface area contributed by atoms with Crippen molar-refractivity contribution in [2.75, 3.05) is 46.7 Å². The Labute approximate surface area is 453 Å². The van der Waals surface area contributed by atoms with Crippen LogP contribution in [0.5, 0.6) is 0 Å². The lowest BCUT2D eigenvalue weighted by Crippen LogP contribution is -2.60. The number of benzene rings is 2. The summed E-state index contributed by atoms with van der Waals surface area (Å²) in [6, 6.07) is 11.5. The maximum absolute atomic E-state index is 14.7. The van der Waals surface area contributed by atoms with Crippen molar-refractivity contribution in [3.05, 3.63) is 77.9 Å². The van der Waals surface area contributed by atoms with E-state index in [-0.39, 0.29) is 55.4 Å². The number of nitrogens with zero attached hydrogens (tertiary/aromatic N) is 4. The van der Waals surface area contributed by atoms with E-state index in [9.17, 15) is 48.3 Å². The zero-order valence-electron chi connectivity index (χ0n) is 46.8. The monoisotopic (exact) mass is 1070 g/mol. The van der Waals surface area contributed by atoms with Gasteiger partial charge in [-0.2, -0.15) is 0 Å². The number of likely N-dealkylation sites (N-methyl/N-ethyl adjacent to an activating group) is 2. The Kier molecular flexibility index (Phi) is 24.8. The highest BCUT2D eigenvalue weighted by atomic mass is 16.6. The average Bonchev–Trinajstić information content (AvgIpc) is 4.02. The number of unbranched alkanes of at least 4 members (excludes halogenated alkanes) is 2. The fourth-order valence-electron chi connectivity index (χ4n) is 10.2. The Morgan fingerprint density at radius 3 is 2.00 bits per heavy atom. The van der Waals surface area contributed by atoms with Gasteiger partial charge in [0.15, 0.2) is 0 Å². The standard InChI is InChI=1S/C57H83N7O13/c1-12-37(6)51(44(75-10)33-48(68)63-31-19-22-43(63)52(76-11)38(7)53(69)59-42(56(72)73)32-39-20-15-13-16-21-39)61(8)55(71)49(35(2)3)60-54(70)50(36(4)5)62(9)57(74)77-34-40-24-26-41(27-25-40)58-45(65)23-17-14-18-30-64-46(66)28-29-47(64)67/h13,15-16,20-21,24-29,35-38,42-44,49-52H,12,14,17-19,22-23,30-34H2,1-11H3,(H,58,65)(H,59,69)(H,60,70)(H,72,73)/t37-,38+,42-,43-,44+,49-,50-,51-,52+/m0/s1. The Hall–Kier alpha value is -6.67. The first-order chi connectivity index (χ1) is 36.5. The van der Waals surface area contributed by atoms with Gasteiger partial charge in [0.2, 0.25) is 29.5 Å². The first-order valence-corrected chi connectivity index (χ1v) is 26.9. The molecule has 9 atom stereocenters. The molecule has 0 bridgehead atoms. The highest BCUT2D eigenvalue weighted by Gasteiger charge is 2.44. The molecule has 2 heterocycles. The lowest BCUT2D eigenvalue weighted by molar-refractivity contribution is -0.148. The maximum atomic E-state index is 14.7. The number of likely N-dealkylation sites (tertiary alicyclic amines) is 1. The summed E-state index contributed by atoms with van der Waals surface area (Å²) < 4.78 is 17.6. The smallest absolute Gasteiger partial charge is 0.410 e. The molecule has 2 aliphatic rings. The highest BCUT2D eigenvalue weighted by molar-refractivity contribution is 6.12. The minimum Gasteiger partial charge on any atom is -0.480 e. The van der Waals surface area contributed by atoms with Gasteiger partial charge in [0.05, 0.1) is 36.6 Å². The molecule has 20 heteroatoms. The van der Waals surface area contributed by atoms with Crippen LogP contribution in [0, 0.1) is 23.7 Å². The van der Waals surface area contributed by atoms with Crippen LogP contribution in [-0.4, -0.2) is 162 Å². The number of methoxy groups -OCH3 is 2. The molecule has 4 N–H and O–H groups in total. The number of aliphatic carboxylic acids is 1. The number of carboxylic acids is 1. The fraction of sp³-hybridized carbons (Fsp3) is 0.596. The van der Waals surface area contributed by atoms with Gasteiger partial charge in [-0.15, -0.1) is 0 Å². The van der Waals surface area contributed by atoms with E-state index in [0.717, 1.165) is 5.56 Å². The second kappa shape index (κ2) is 30.3. The molecule has 20 nitrogen and oxygen atoms in total. The molecule has 0 unspecified atom stereocenters. The lowest BCUT2D eigenvalue weighted by atomic mass is 9.89. The minimum absolute atomic E-state index is 0.0927. The molecule has 4 rings (SSSR count). The molecule has 0 aromatic heterocycles. The SMILES string of the molecule is CC[C@H](C)[C@@H]([C@@H](CC(=O)N1CCC[C@H]1[C@H](OC)[C@@H](C)C(=O)N[C@@H](Cc1ccccc1)C(=O)O)OC)N(C)C(=O)[C@@H](NC(=O)[C@H](C(C)C)N(C)C(=O)OCc1ccc(NC(=O)CCCCCN2C(=O)C=CC2=O)cc1)C(C)C. The van der Waals surface area contributed by atoms with E-state index in [1.165, 1.54) is 43.2 Å². The molecule has 77 heavy (non-hydrogen) atoms. The van der Waals surface area contributed by atoms with Crippen molar-refractivity contribution < 1.29 is 62.5 Å². The van der Waals surface area contributed by atoms with E-state index in [1.54, 1.807) is 86.1 Å². The number of ether oxygens (including phenoxy) is 3. The second-order valence-electron chi connectivity index (χ2n) is 21.0. The van der Waals surface area contributed by atoms with E-state index in [2.05, 4.69) is 16.0 Å². The summed E-state index contributed by atoms with van der Waals surface area (Å²) in [5.41, 5.74) is 1.94. The minimum atomic E-state index is -1.17. The van der Waals surface area contributed by atoms with Crippen LogP contribution in [0.25, 0.3) is 0 Å². The van der Waals surface area contributed by atoms with Crippen LogP contribution < -0.4 is 16.0 Å². The van der Waals surface area contributed by atoms with E-state index in [1.807, 2.05) is 33.8 Å². The summed E-state index contributed by atoms with van der Waals surface area (Å²) in [6.07, 6.45) is 4.11. The Balaban J connectivity index is 1.35. The summed E-state index contributed by atoms with van der Waals surface area (Å²) in [5, 5.41) is 18.4. The molecule has 0 aliphatic carbocycles. The summed E-state index contributed by atoms with van der Waals surface area (Å²) in [4.78, 5) is 124. The number of hydrogen-bond acceptors (Lipinski definition) is 12. The third kappa shape index (κ3) is 17.7. The number of carbonyl (C=O) groups is 9. The normalized spacial score (nSPS) is 17.5. The molecule has 8 amide bonds.